The Morgan fingerprint density at radius 2 is 1.08 bits per heavy atom. The lowest BCUT2D eigenvalue weighted by molar-refractivity contribution is -0.139. The maximum Gasteiger partial charge on any atom is 0.409 e. The van der Waals surface area contributed by atoms with Crippen LogP contribution in [-0.4, -0.2) is 117 Å². The van der Waals surface area contributed by atoms with Crippen LogP contribution < -0.4 is 0 Å². The Bertz CT molecular complexity index is 2460. The quantitative estimate of drug-likeness (QED) is 0.143. The summed E-state index contributed by atoms with van der Waals surface area (Å²) in [5.41, 5.74) is 5.49. The predicted octanol–water partition coefficient (Wildman–Crippen LogP) is 8.18. The van der Waals surface area contributed by atoms with Crippen molar-refractivity contribution in [3.8, 4) is 22.3 Å². The zero-order valence-electron chi connectivity index (χ0n) is 36.7. The largest absolute Gasteiger partial charge is 0.453 e. The average molecular weight is 837 g/mol. The topological polar surface area (TPSA) is 157 Å². The van der Waals surface area contributed by atoms with Crippen molar-refractivity contribution in [3.63, 3.8) is 0 Å². The normalized spacial score (nSPS) is 20.1. The van der Waals surface area contributed by atoms with Gasteiger partial charge in [-0.05, 0) is 83.5 Å². The molecule has 0 saturated carbocycles. The third kappa shape index (κ3) is 8.26. The Morgan fingerprint density at radius 3 is 1.51 bits per heavy atom. The predicted molar refractivity (Wildman–Crippen MR) is 231 cm³/mol. The smallest absolute Gasteiger partial charge is 0.409 e. The number of benzene rings is 3. The monoisotopic (exact) mass is 836 g/mol. The maximum atomic E-state index is 16.1. The number of hydrogen-bond donors (Lipinski definition) is 2. The number of nitrogens with one attached hydrogen (secondary N) is 2. The van der Waals surface area contributed by atoms with Crippen LogP contribution in [0.3, 0.4) is 0 Å². The second-order valence-electron chi connectivity index (χ2n) is 17.6. The summed E-state index contributed by atoms with van der Waals surface area (Å²) in [7, 11) is 5.78. The molecule has 2 saturated heterocycles. The summed E-state index contributed by atoms with van der Waals surface area (Å²) in [5, 5.41) is 0. The van der Waals surface area contributed by atoms with Crippen LogP contribution >= 0.6 is 0 Å². The van der Waals surface area contributed by atoms with Crippen LogP contribution in [0.15, 0.2) is 54.6 Å². The van der Waals surface area contributed by atoms with Crippen LogP contribution in [-0.2, 0) is 19.1 Å². The van der Waals surface area contributed by atoms with E-state index >= 15 is 4.39 Å². The van der Waals surface area contributed by atoms with E-state index in [1.807, 2.05) is 80.0 Å². The number of likely N-dealkylation sites (N-methyl/N-ethyl adjacent to an activating group) is 2. The molecule has 15 heteroatoms. The first-order valence-electron chi connectivity index (χ1n) is 21.0. The van der Waals surface area contributed by atoms with Crippen molar-refractivity contribution in [3.05, 3.63) is 72.1 Å². The first kappa shape index (κ1) is 43.1. The fourth-order valence-corrected chi connectivity index (χ4v) is 9.39. The Balaban J connectivity index is 1.11. The lowest BCUT2D eigenvalue weighted by Gasteiger charge is -2.34. The molecule has 7 rings (SSSR count). The second-order valence-corrected chi connectivity index (χ2v) is 17.6. The molecule has 2 fully saturated rings. The lowest BCUT2D eigenvalue weighted by Crippen LogP contribution is -2.52. The number of carbonyl (C=O) groups is 4. The summed E-state index contributed by atoms with van der Waals surface area (Å²) in [6.07, 6.45) is 0.293. The van der Waals surface area contributed by atoms with Gasteiger partial charge in [0.05, 0.1) is 48.4 Å². The van der Waals surface area contributed by atoms with E-state index in [0.29, 0.717) is 58.9 Å². The minimum atomic E-state index is -0.698. The molecule has 2 aromatic heterocycles. The van der Waals surface area contributed by atoms with E-state index in [9.17, 15) is 19.2 Å². The highest BCUT2D eigenvalue weighted by molar-refractivity contribution is 5.89. The summed E-state index contributed by atoms with van der Waals surface area (Å²) in [4.78, 5) is 75.9. The van der Waals surface area contributed by atoms with Gasteiger partial charge in [-0.25, -0.2) is 23.9 Å². The fourth-order valence-electron chi connectivity index (χ4n) is 9.39. The number of carbonyl (C=O) groups excluding carboxylic acids is 4. The van der Waals surface area contributed by atoms with Crippen molar-refractivity contribution >= 4 is 46.1 Å². The third-order valence-corrected chi connectivity index (χ3v) is 12.4. The van der Waals surface area contributed by atoms with E-state index in [1.165, 1.54) is 30.1 Å². The van der Waals surface area contributed by atoms with Crippen molar-refractivity contribution in [1.82, 2.24) is 39.5 Å². The second kappa shape index (κ2) is 17.2. The van der Waals surface area contributed by atoms with Crippen LogP contribution in [0.2, 0.25) is 0 Å². The van der Waals surface area contributed by atoms with Gasteiger partial charge in [0.15, 0.2) is 0 Å². The number of likely N-dealkylation sites (tertiary alicyclic amines) is 2. The highest BCUT2D eigenvalue weighted by Gasteiger charge is 2.43. The Hall–Kier alpha value is -5.99. The van der Waals surface area contributed by atoms with Gasteiger partial charge in [0, 0.05) is 32.7 Å². The molecule has 4 heterocycles. The summed E-state index contributed by atoms with van der Waals surface area (Å²) >= 11 is 0. The van der Waals surface area contributed by atoms with Gasteiger partial charge in [-0.2, -0.15) is 0 Å². The molecule has 6 atom stereocenters. The summed E-state index contributed by atoms with van der Waals surface area (Å²) in [6, 6.07) is 14.5. The number of H-pyrrole nitrogens is 2. The molecule has 4 amide bonds. The van der Waals surface area contributed by atoms with Crippen molar-refractivity contribution in [2.24, 2.45) is 23.7 Å². The molecule has 324 valence electrons. The van der Waals surface area contributed by atoms with E-state index in [-0.39, 0.29) is 47.6 Å². The number of halogens is 1. The minimum absolute atomic E-state index is 0.137. The van der Waals surface area contributed by atoms with Crippen molar-refractivity contribution < 1.29 is 33.0 Å². The van der Waals surface area contributed by atoms with Gasteiger partial charge in [0.25, 0.3) is 0 Å². The van der Waals surface area contributed by atoms with Crippen LogP contribution in [0.1, 0.15) is 78.1 Å². The number of rotatable bonds is 10. The zero-order valence-corrected chi connectivity index (χ0v) is 36.7. The minimum Gasteiger partial charge on any atom is -0.453 e. The molecule has 0 aliphatic carbocycles. The number of imidazole rings is 2. The summed E-state index contributed by atoms with van der Waals surface area (Å²) < 4.78 is 25.9. The number of amides is 4. The molecule has 0 radical (unpaired) electrons. The highest BCUT2D eigenvalue weighted by Crippen LogP contribution is 2.39. The molecule has 5 aromatic rings. The van der Waals surface area contributed by atoms with Gasteiger partial charge in [-0.1, -0.05) is 65.8 Å². The molecule has 2 aliphatic rings. The van der Waals surface area contributed by atoms with Gasteiger partial charge in [0.1, 0.15) is 29.5 Å². The molecule has 3 aromatic carbocycles. The third-order valence-electron chi connectivity index (χ3n) is 12.4. The number of fused-ring (bicyclic) bond motifs is 2. The van der Waals surface area contributed by atoms with E-state index in [1.54, 1.807) is 20.2 Å². The molecule has 14 nitrogen and oxygen atoms in total. The van der Waals surface area contributed by atoms with E-state index < -0.39 is 30.1 Å². The number of methoxy groups -OCH3 is 2. The van der Waals surface area contributed by atoms with Crippen molar-refractivity contribution in [2.45, 2.75) is 78.6 Å². The molecule has 61 heavy (non-hydrogen) atoms. The molecule has 0 bridgehead atoms. The highest BCUT2D eigenvalue weighted by atomic mass is 19.1. The molecule has 0 unspecified atom stereocenters. The van der Waals surface area contributed by atoms with Crippen molar-refractivity contribution in [2.75, 3.05) is 41.4 Å². The standard InChI is InChI=1S/C46H57FN8O6/c1-24(2)39(52(7)45(58)60-9)43(56)54-22-26(5)17-37(54)41-48-33-15-12-29(20-35(33)50-41)28-11-14-31(32(47)19-28)30-13-16-34-36(21-30)51-42(49-34)38-18-27(6)23-55(38)44(57)40(25(3)4)53(8)46(59)61-10/h11-16,19-21,24-27,37-40H,17-18,22-23H2,1-10H3,(H,48,50)(H,49,51)/t26-,27-,37-,38-,39-,40-/m0/s1. The Labute approximate surface area is 355 Å². The van der Waals surface area contributed by atoms with Crippen molar-refractivity contribution in [1.29, 1.82) is 0 Å². The van der Waals surface area contributed by atoms with Crippen LogP contribution in [0.25, 0.3) is 44.3 Å². The number of aromatic amines is 2. The average Bonchev–Trinajstić information content (AvgIpc) is 4.03. The number of hydrogen-bond acceptors (Lipinski definition) is 8. The maximum absolute atomic E-state index is 16.1. The molecule has 2 N–H and O–H groups in total. The number of ether oxygens (including phenoxy) is 2. The summed E-state index contributed by atoms with van der Waals surface area (Å²) in [6.45, 7) is 12.9. The summed E-state index contributed by atoms with van der Waals surface area (Å²) in [5.74, 6) is 0.791. The first-order valence-corrected chi connectivity index (χ1v) is 21.0. The Morgan fingerprint density at radius 1 is 0.672 bits per heavy atom. The fraction of sp³-hybridized carbons (Fsp3) is 0.478. The molecular formula is C46H57FN8O6. The number of aromatic nitrogens is 4. The van der Waals surface area contributed by atoms with Gasteiger partial charge in [0.2, 0.25) is 11.8 Å². The van der Waals surface area contributed by atoms with Gasteiger partial charge >= 0.3 is 12.2 Å². The van der Waals surface area contributed by atoms with Crippen LogP contribution in [0, 0.1) is 29.5 Å². The van der Waals surface area contributed by atoms with Crippen LogP contribution in [0.5, 0.6) is 0 Å². The first-order chi connectivity index (χ1) is 29.0. The van der Waals surface area contributed by atoms with E-state index in [4.69, 9.17) is 19.4 Å². The van der Waals surface area contributed by atoms with Gasteiger partial charge < -0.3 is 29.2 Å². The van der Waals surface area contributed by atoms with E-state index in [0.717, 1.165) is 23.0 Å². The lowest BCUT2D eigenvalue weighted by atomic mass is 9.99. The number of nitrogens with zero attached hydrogens (tertiary/aromatic N) is 6. The van der Waals surface area contributed by atoms with Crippen LogP contribution in [0.4, 0.5) is 14.0 Å². The van der Waals surface area contributed by atoms with Gasteiger partial charge in [-0.15, -0.1) is 0 Å². The van der Waals surface area contributed by atoms with E-state index in [2.05, 4.69) is 23.8 Å². The molecular weight excluding hydrogens is 780 g/mol. The Kier molecular flexibility index (Phi) is 12.1. The SMILES string of the molecule is COC(=O)N(C)[C@H](C(=O)N1C[C@@H](C)C[C@H]1c1nc2cc(-c3ccc(-c4ccc5[nH]c([C@@H]6C[C@H](C)CN6C(=O)[C@H](C(C)C)N(C)C(=O)OC)nc5c4)c(F)c3)ccc2[nH]1)C(C)C. The zero-order chi connectivity index (χ0) is 44.0. The molecule has 2 aliphatic heterocycles. The molecule has 0 spiro atoms. The van der Waals surface area contributed by atoms with Gasteiger partial charge in [-0.3, -0.25) is 19.4 Å².